The van der Waals surface area contributed by atoms with Gasteiger partial charge in [-0.2, -0.15) is 0 Å². The zero-order valence-electron chi connectivity index (χ0n) is 9.40. The van der Waals surface area contributed by atoms with E-state index in [1.165, 1.54) is 6.38 Å². The van der Waals surface area contributed by atoms with E-state index in [1.54, 1.807) is 13.2 Å². The van der Waals surface area contributed by atoms with E-state index in [1.807, 2.05) is 32.9 Å². The Hall–Kier alpha value is -0.400. The molecule has 0 unspecified atom stereocenters. The van der Waals surface area contributed by atoms with Crippen molar-refractivity contribution in [1.82, 2.24) is 0 Å². The maximum atomic E-state index is 5.81. The first-order chi connectivity index (χ1) is 6.74. The van der Waals surface area contributed by atoms with Crippen LogP contribution in [0.2, 0.25) is 5.02 Å². The highest BCUT2D eigenvalue weighted by molar-refractivity contribution is 6.31. The van der Waals surface area contributed by atoms with Crippen molar-refractivity contribution in [3.8, 4) is 5.75 Å². The van der Waals surface area contributed by atoms with Crippen molar-refractivity contribution >= 4 is 23.2 Å². The van der Waals surface area contributed by atoms with Crippen LogP contribution in [0.5, 0.6) is 5.75 Å². The van der Waals surface area contributed by atoms with Gasteiger partial charge >= 0.3 is 0 Å². The van der Waals surface area contributed by atoms with E-state index in [0.717, 1.165) is 16.3 Å². The molecule has 1 aromatic rings. The molecule has 0 aliphatic rings. The lowest BCUT2D eigenvalue weighted by Gasteiger charge is -2.00. The summed E-state index contributed by atoms with van der Waals surface area (Å²) in [6.07, 6.45) is 1.47. The molecule has 0 fully saturated rings. The minimum Gasteiger partial charge on any atom is -0.497 e. The third-order valence-electron chi connectivity index (χ3n) is 1.38. The number of ether oxygens (including phenoxy) is 1. The lowest BCUT2D eigenvalue weighted by Crippen LogP contribution is -1.82. The molecule has 0 saturated carbocycles. The van der Waals surface area contributed by atoms with Crippen LogP contribution in [0.3, 0.4) is 0 Å². The molecule has 14 heavy (non-hydrogen) atoms. The fourth-order valence-corrected chi connectivity index (χ4v) is 0.871. The molecule has 1 aromatic carbocycles. The van der Waals surface area contributed by atoms with Crippen LogP contribution in [0.25, 0.3) is 0 Å². The van der Waals surface area contributed by atoms with Gasteiger partial charge in [-0.3, -0.25) is 0 Å². The van der Waals surface area contributed by atoms with Gasteiger partial charge in [-0.15, -0.1) is 11.6 Å². The summed E-state index contributed by atoms with van der Waals surface area (Å²) in [6, 6.07) is 5.62. The van der Waals surface area contributed by atoms with Crippen molar-refractivity contribution < 1.29 is 4.74 Å². The molecule has 0 spiro atoms. The quantitative estimate of drug-likeness (QED) is 0.651. The van der Waals surface area contributed by atoms with Gasteiger partial charge in [0.15, 0.2) is 0 Å². The highest BCUT2D eigenvalue weighted by Gasteiger charge is 1.95. The molecule has 0 saturated heterocycles. The van der Waals surface area contributed by atoms with Crippen molar-refractivity contribution in [3.05, 3.63) is 28.8 Å². The van der Waals surface area contributed by atoms with Crippen LogP contribution in [0.15, 0.2) is 18.2 Å². The molecule has 1 nitrogen and oxygen atoms in total. The number of aryl methyl sites for hydroxylation is 1. The first-order valence-electron chi connectivity index (χ1n) is 4.42. The Morgan fingerprint density at radius 2 is 1.64 bits per heavy atom. The second-order valence-electron chi connectivity index (χ2n) is 2.12. The lowest BCUT2D eigenvalue weighted by atomic mass is 10.2. The van der Waals surface area contributed by atoms with E-state index < -0.39 is 0 Å². The summed E-state index contributed by atoms with van der Waals surface area (Å²) in [5.41, 5.74) is 1.07. The van der Waals surface area contributed by atoms with Gasteiger partial charge in [-0.1, -0.05) is 31.5 Å². The first kappa shape index (κ1) is 16.0. The van der Waals surface area contributed by atoms with E-state index in [4.69, 9.17) is 16.3 Å². The zero-order valence-corrected chi connectivity index (χ0v) is 10.9. The number of hydrogen-bond acceptors (Lipinski definition) is 1. The molecule has 0 aliphatic heterocycles. The molecule has 0 radical (unpaired) electrons. The fraction of sp³-hybridized carbons (Fsp3) is 0.455. The molecule has 0 aliphatic carbocycles. The lowest BCUT2D eigenvalue weighted by molar-refractivity contribution is 0.414. The summed E-state index contributed by atoms with van der Waals surface area (Å²) in [4.78, 5) is 0. The average Bonchev–Trinajstić information content (AvgIpc) is 2.28. The molecule has 0 aromatic heterocycles. The van der Waals surface area contributed by atoms with Crippen molar-refractivity contribution in [2.24, 2.45) is 0 Å². The van der Waals surface area contributed by atoms with Crippen molar-refractivity contribution in [2.75, 3.05) is 13.5 Å². The minimum atomic E-state index is 0.749. The van der Waals surface area contributed by atoms with Gasteiger partial charge in [0.05, 0.1) is 7.11 Å². The SMILES string of the molecule is CC.CCl.COc1ccc(C)c(Cl)c1. The van der Waals surface area contributed by atoms with E-state index in [0.29, 0.717) is 0 Å². The smallest absolute Gasteiger partial charge is 0.120 e. The van der Waals surface area contributed by atoms with Crippen LogP contribution in [-0.4, -0.2) is 13.5 Å². The van der Waals surface area contributed by atoms with E-state index in [-0.39, 0.29) is 0 Å². The van der Waals surface area contributed by atoms with Crippen LogP contribution >= 0.6 is 23.2 Å². The molecular weight excluding hydrogens is 219 g/mol. The summed E-state index contributed by atoms with van der Waals surface area (Å²) in [6.45, 7) is 5.96. The monoisotopic (exact) mass is 236 g/mol. The van der Waals surface area contributed by atoms with Gasteiger partial charge in [0.25, 0.3) is 0 Å². The number of benzene rings is 1. The van der Waals surface area contributed by atoms with E-state index >= 15 is 0 Å². The molecule has 1 rings (SSSR count). The highest BCUT2D eigenvalue weighted by Crippen LogP contribution is 2.20. The van der Waals surface area contributed by atoms with Crippen molar-refractivity contribution in [1.29, 1.82) is 0 Å². The van der Waals surface area contributed by atoms with Crippen LogP contribution in [-0.2, 0) is 0 Å². The largest absolute Gasteiger partial charge is 0.497 e. The molecule has 3 heteroatoms. The van der Waals surface area contributed by atoms with Crippen LogP contribution in [0.1, 0.15) is 19.4 Å². The molecule has 0 atom stereocenters. The minimum absolute atomic E-state index is 0.749. The van der Waals surface area contributed by atoms with Gasteiger partial charge in [-0.05, 0) is 24.6 Å². The number of halogens is 2. The van der Waals surface area contributed by atoms with Gasteiger partial charge in [0.1, 0.15) is 5.75 Å². The van der Waals surface area contributed by atoms with Crippen molar-refractivity contribution in [2.45, 2.75) is 20.8 Å². The number of methoxy groups -OCH3 is 1. The van der Waals surface area contributed by atoms with Gasteiger partial charge in [0.2, 0.25) is 0 Å². The summed E-state index contributed by atoms with van der Waals surface area (Å²) in [5.74, 6) is 0.801. The molecular formula is C11H18Cl2O. The topological polar surface area (TPSA) is 9.23 Å². The average molecular weight is 237 g/mol. The molecule has 0 N–H and O–H groups in total. The summed E-state index contributed by atoms with van der Waals surface area (Å²) < 4.78 is 4.97. The predicted octanol–water partition coefficient (Wildman–Crippen LogP) is 4.54. The normalized spacial score (nSPS) is 7.64. The molecule has 0 amide bonds. The second-order valence-corrected chi connectivity index (χ2v) is 2.52. The summed E-state index contributed by atoms with van der Waals surface area (Å²) in [7, 11) is 1.63. The second kappa shape index (κ2) is 10.7. The maximum Gasteiger partial charge on any atom is 0.120 e. The predicted molar refractivity (Wildman–Crippen MR) is 65.9 cm³/mol. The van der Waals surface area contributed by atoms with E-state index in [9.17, 15) is 0 Å². The Kier molecular flexibility index (Phi) is 12.2. The number of alkyl halides is 1. The Labute approximate surface area is 97.0 Å². The summed E-state index contributed by atoms with van der Waals surface area (Å²) >= 11 is 10.5. The number of hydrogen-bond donors (Lipinski definition) is 0. The van der Waals surface area contributed by atoms with Gasteiger partial charge < -0.3 is 4.74 Å². The highest BCUT2D eigenvalue weighted by atomic mass is 35.5. The van der Waals surface area contributed by atoms with Gasteiger partial charge in [-0.25, -0.2) is 0 Å². The summed E-state index contributed by atoms with van der Waals surface area (Å²) in [5, 5.41) is 0.749. The standard InChI is InChI=1S/C8H9ClO.C2H6.CH3Cl/c1-6-3-4-7(10-2)5-8(6)9;2*1-2/h3-5H,1-2H3;1-2H3;1H3. The van der Waals surface area contributed by atoms with Crippen LogP contribution in [0.4, 0.5) is 0 Å². The molecule has 0 bridgehead atoms. The molecule has 82 valence electrons. The number of rotatable bonds is 1. The Balaban J connectivity index is 0. The third-order valence-corrected chi connectivity index (χ3v) is 1.79. The van der Waals surface area contributed by atoms with Crippen LogP contribution in [0, 0.1) is 6.92 Å². The zero-order chi connectivity index (χ0) is 11.6. The molecule has 0 heterocycles. The third kappa shape index (κ3) is 6.11. The fourth-order valence-electron chi connectivity index (χ4n) is 0.701. The Bertz CT molecular complexity index is 237. The Morgan fingerprint density at radius 1 is 1.14 bits per heavy atom. The van der Waals surface area contributed by atoms with Gasteiger partial charge in [0, 0.05) is 11.4 Å². The van der Waals surface area contributed by atoms with Crippen LogP contribution < -0.4 is 4.74 Å². The van der Waals surface area contributed by atoms with Crippen molar-refractivity contribution in [3.63, 3.8) is 0 Å². The van der Waals surface area contributed by atoms with E-state index in [2.05, 4.69) is 11.6 Å². The first-order valence-corrected chi connectivity index (χ1v) is 5.55. The maximum absolute atomic E-state index is 5.81. The Morgan fingerprint density at radius 3 is 2.00 bits per heavy atom.